The fourth-order valence-electron chi connectivity index (χ4n) is 1.40. The van der Waals surface area contributed by atoms with Crippen LogP contribution in [0, 0.1) is 0 Å². The molecule has 1 heterocycles. The van der Waals surface area contributed by atoms with Crippen LogP contribution in [0.1, 0.15) is 23.9 Å². The lowest BCUT2D eigenvalue weighted by molar-refractivity contribution is 0.0952. The third kappa shape index (κ3) is 2.51. The van der Waals surface area contributed by atoms with Gasteiger partial charge in [0.25, 0.3) is 0 Å². The Morgan fingerprint density at radius 2 is 2.12 bits per heavy atom. The van der Waals surface area contributed by atoms with E-state index in [9.17, 15) is 4.79 Å². The van der Waals surface area contributed by atoms with Gasteiger partial charge in [-0.3, -0.25) is 4.79 Å². The van der Waals surface area contributed by atoms with Crippen LogP contribution in [-0.4, -0.2) is 10.9 Å². The first-order valence-corrected chi connectivity index (χ1v) is 5.82. The van der Waals surface area contributed by atoms with Crippen LogP contribution in [0.25, 0.3) is 11.3 Å². The number of ketones is 1. The zero-order valence-electron chi connectivity index (χ0n) is 9.04. The minimum absolute atomic E-state index is 0.0890. The smallest absolute Gasteiger partial charge is 0.203 e. The fourth-order valence-corrected chi connectivity index (χ4v) is 1.91. The first-order valence-electron chi connectivity index (χ1n) is 5.07. The average molecular weight is 270 g/mol. The SMILES string of the molecule is CCC(=O)c1cc(-c2ccc(Cl)cc2Cl)no1. The highest BCUT2D eigenvalue weighted by Gasteiger charge is 2.14. The molecule has 2 aromatic rings. The highest BCUT2D eigenvalue weighted by molar-refractivity contribution is 6.36. The Balaban J connectivity index is 2.40. The van der Waals surface area contributed by atoms with E-state index in [2.05, 4.69) is 5.16 Å². The van der Waals surface area contributed by atoms with Gasteiger partial charge < -0.3 is 4.52 Å². The van der Waals surface area contributed by atoms with E-state index in [1.807, 2.05) is 0 Å². The van der Waals surface area contributed by atoms with Gasteiger partial charge in [0, 0.05) is 23.1 Å². The summed E-state index contributed by atoms with van der Waals surface area (Å²) in [6.07, 6.45) is 0.378. The number of halogens is 2. The first kappa shape index (κ1) is 12.1. The van der Waals surface area contributed by atoms with Gasteiger partial charge in [-0.05, 0) is 18.2 Å². The number of rotatable bonds is 3. The van der Waals surface area contributed by atoms with Gasteiger partial charge in [0.1, 0.15) is 5.69 Å². The maximum Gasteiger partial charge on any atom is 0.203 e. The number of Topliss-reactive ketones (excluding diaryl/α,β-unsaturated/α-hetero) is 1. The van der Waals surface area contributed by atoms with Crippen LogP contribution in [0.2, 0.25) is 10.0 Å². The lowest BCUT2D eigenvalue weighted by Gasteiger charge is -1.99. The Hall–Kier alpha value is -1.32. The normalized spacial score (nSPS) is 10.5. The Morgan fingerprint density at radius 1 is 1.35 bits per heavy atom. The molecule has 1 aromatic heterocycles. The molecule has 0 saturated carbocycles. The molecule has 0 fully saturated rings. The Bertz CT molecular complexity index is 563. The molecule has 0 aliphatic heterocycles. The molecule has 0 spiro atoms. The quantitative estimate of drug-likeness (QED) is 0.783. The summed E-state index contributed by atoms with van der Waals surface area (Å²) >= 11 is 11.8. The summed E-state index contributed by atoms with van der Waals surface area (Å²) in [5.74, 6) is 0.155. The van der Waals surface area contributed by atoms with Crippen LogP contribution in [0.4, 0.5) is 0 Å². The van der Waals surface area contributed by atoms with E-state index in [-0.39, 0.29) is 11.5 Å². The summed E-state index contributed by atoms with van der Waals surface area (Å²) in [6.45, 7) is 1.76. The molecule has 1 aromatic carbocycles. The minimum Gasteiger partial charge on any atom is -0.352 e. The standard InChI is InChI=1S/C12H9Cl2NO2/c1-2-11(16)12-6-10(15-17-12)8-4-3-7(13)5-9(8)14/h3-6H,2H2,1H3. The summed E-state index contributed by atoms with van der Waals surface area (Å²) in [7, 11) is 0. The van der Waals surface area contributed by atoms with Crippen LogP contribution in [-0.2, 0) is 0 Å². The van der Waals surface area contributed by atoms with E-state index < -0.39 is 0 Å². The van der Waals surface area contributed by atoms with Crippen LogP contribution in [0.15, 0.2) is 28.8 Å². The molecule has 88 valence electrons. The van der Waals surface area contributed by atoms with Gasteiger partial charge in [-0.15, -0.1) is 0 Å². The van der Waals surface area contributed by atoms with Crippen molar-refractivity contribution in [2.24, 2.45) is 0 Å². The molecule has 0 aliphatic rings. The van der Waals surface area contributed by atoms with E-state index in [4.69, 9.17) is 27.7 Å². The molecule has 3 nitrogen and oxygen atoms in total. The molecule has 2 rings (SSSR count). The van der Waals surface area contributed by atoms with Crippen molar-refractivity contribution in [2.75, 3.05) is 0 Å². The summed E-state index contributed by atoms with van der Waals surface area (Å²) in [6, 6.07) is 6.65. The van der Waals surface area contributed by atoms with Crippen molar-refractivity contribution in [3.8, 4) is 11.3 Å². The van der Waals surface area contributed by atoms with Gasteiger partial charge in [0.05, 0.1) is 5.02 Å². The maximum atomic E-state index is 11.4. The topological polar surface area (TPSA) is 43.1 Å². The van der Waals surface area contributed by atoms with Crippen LogP contribution in [0.5, 0.6) is 0 Å². The number of nitrogens with zero attached hydrogens (tertiary/aromatic N) is 1. The number of aromatic nitrogens is 1. The molecule has 5 heteroatoms. The molecule has 0 bridgehead atoms. The van der Waals surface area contributed by atoms with Gasteiger partial charge in [-0.25, -0.2) is 0 Å². The fraction of sp³-hybridized carbons (Fsp3) is 0.167. The molecule has 0 atom stereocenters. The van der Waals surface area contributed by atoms with Crippen molar-refractivity contribution in [3.63, 3.8) is 0 Å². The number of hydrogen-bond acceptors (Lipinski definition) is 3. The second-order valence-electron chi connectivity index (χ2n) is 3.48. The largest absolute Gasteiger partial charge is 0.352 e. The Kier molecular flexibility index (Phi) is 3.50. The number of benzene rings is 1. The second kappa shape index (κ2) is 4.90. The Labute approximate surface area is 108 Å². The van der Waals surface area contributed by atoms with Crippen LogP contribution < -0.4 is 0 Å². The summed E-state index contributed by atoms with van der Waals surface area (Å²) in [5, 5.41) is 4.84. The van der Waals surface area contributed by atoms with Gasteiger partial charge in [0.15, 0.2) is 0 Å². The van der Waals surface area contributed by atoms with Crippen molar-refractivity contribution in [2.45, 2.75) is 13.3 Å². The predicted molar refractivity (Wildman–Crippen MR) is 66.6 cm³/mol. The zero-order chi connectivity index (χ0) is 12.4. The molecule has 0 unspecified atom stereocenters. The van der Waals surface area contributed by atoms with E-state index >= 15 is 0 Å². The van der Waals surface area contributed by atoms with E-state index in [1.54, 1.807) is 31.2 Å². The number of hydrogen-bond donors (Lipinski definition) is 0. The number of carbonyl (C=O) groups is 1. The third-order valence-electron chi connectivity index (χ3n) is 2.31. The first-order chi connectivity index (χ1) is 8.11. The van der Waals surface area contributed by atoms with Crippen molar-refractivity contribution >= 4 is 29.0 Å². The maximum absolute atomic E-state index is 11.4. The van der Waals surface area contributed by atoms with Crippen LogP contribution in [0.3, 0.4) is 0 Å². The second-order valence-corrected chi connectivity index (χ2v) is 4.32. The molecule has 17 heavy (non-hydrogen) atoms. The van der Waals surface area contributed by atoms with Gasteiger partial charge >= 0.3 is 0 Å². The minimum atomic E-state index is -0.0890. The van der Waals surface area contributed by atoms with E-state index in [0.717, 1.165) is 0 Å². The molecule has 0 radical (unpaired) electrons. The molecule has 0 amide bonds. The van der Waals surface area contributed by atoms with Crippen molar-refractivity contribution < 1.29 is 9.32 Å². The highest BCUT2D eigenvalue weighted by Crippen LogP contribution is 2.30. The van der Waals surface area contributed by atoms with Crippen LogP contribution >= 0.6 is 23.2 Å². The van der Waals surface area contributed by atoms with Gasteiger partial charge in [-0.2, -0.15) is 0 Å². The van der Waals surface area contributed by atoms with Crippen molar-refractivity contribution in [1.82, 2.24) is 5.16 Å². The Morgan fingerprint density at radius 3 is 2.76 bits per heavy atom. The molecule has 0 aliphatic carbocycles. The summed E-state index contributed by atoms with van der Waals surface area (Å²) < 4.78 is 4.97. The molecule has 0 N–H and O–H groups in total. The third-order valence-corrected chi connectivity index (χ3v) is 2.86. The van der Waals surface area contributed by atoms with Crippen molar-refractivity contribution in [3.05, 3.63) is 40.1 Å². The summed E-state index contributed by atoms with van der Waals surface area (Å²) in [5.41, 5.74) is 1.22. The average Bonchev–Trinajstić information content (AvgIpc) is 2.77. The lowest BCUT2D eigenvalue weighted by Crippen LogP contribution is -1.92. The highest BCUT2D eigenvalue weighted by atomic mass is 35.5. The van der Waals surface area contributed by atoms with E-state index in [0.29, 0.717) is 27.7 Å². The van der Waals surface area contributed by atoms with Gasteiger partial charge in [-0.1, -0.05) is 35.3 Å². The van der Waals surface area contributed by atoms with E-state index in [1.165, 1.54) is 0 Å². The number of carbonyl (C=O) groups excluding carboxylic acids is 1. The lowest BCUT2D eigenvalue weighted by atomic mass is 10.1. The molecular formula is C12H9Cl2NO2. The monoisotopic (exact) mass is 269 g/mol. The van der Waals surface area contributed by atoms with Gasteiger partial charge in [0.2, 0.25) is 11.5 Å². The summed E-state index contributed by atoms with van der Waals surface area (Å²) in [4.78, 5) is 11.4. The molecular weight excluding hydrogens is 261 g/mol. The molecule has 0 saturated heterocycles. The zero-order valence-corrected chi connectivity index (χ0v) is 10.5. The van der Waals surface area contributed by atoms with Crippen molar-refractivity contribution in [1.29, 1.82) is 0 Å². The predicted octanol–water partition coefficient (Wildman–Crippen LogP) is 4.24.